The highest BCUT2D eigenvalue weighted by molar-refractivity contribution is 5.18. The Morgan fingerprint density at radius 3 is 2.50 bits per heavy atom. The predicted molar refractivity (Wildman–Crippen MR) is 79.1 cm³/mol. The molecule has 0 aromatic heterocycles. The van der Waals surface area contributed by atoms with Gasteiger partial charge >= 0.3 is 0 Å². The Morgan fingerprint density at radius 1 is 1.20 bits per heavy atom. The molecule has 4 rings (SSSR count). The molecule has 0 unspecified atom stereocenters. The van der Waals surface area contributed by atoms with Crippen molar-refractivity contribution in [2.75, 3.05) is 6.61 Å². The lowest BCUT2D eigenvalue weighted by atomic mass is 9.43. The number of benzene rings is 1. The summed E-state index contributed by atoms with van der Waals surface area (Å²) >= 11 is 0. The molecule has 0 spiro atoms. The first-order chi connectivity index (χ1) is 9.48. The third-order valence-corrected chi connectivity index (χ3v) is 5.85. The first-order valence-electron chi connectivity index (χ1n) is 7.59. The van der Waals surface area contributed by atoms with Crippen LogP contribution in [0.4, 0.5) is 0 Å². The number of nitrogens with one attached hydrogen (secondary N) is 1. The molecule has 0 aliphatic heterocycles. The van der Waals surface area contributed by atoms with Gasteiger partial charge in [-0.2, -0.15) is 0 Å². The van der Waals surface area contributed by atoms with E-state index in [1.54, 1.807) is 0 Å². The quantitative estimate of drug-likeness (QED) is 0.787. The molecule has 110 valence electrons. The molecular weight excluding hydrogens is 250 g/mol. The van der Waals surface area contributed by atoms with Gasteiger partial charge in [0.1, 0.15) is 5.60 Å². The Balaban J connectivity index is 1.71. The van der Waals surface area contributed by atoms with Crippen LogP contribution in [-0.4, -0.2) is 28.5 Å². The lowest BCUT2D eigenvalue weighted by Gasteiger charge is -2.65. The molecule has 3 saturated carbocycles. The summed E-state index contributed by atoms with van der Waals surface area (Å²) in [6.45, 7) is 5.04. The second-order valence-corrected chi connectivity index (χ2v) is 7.11. The van der Waals surface area contributed by atoms with Crippen molar-refractivity contribution in [3.63, 3.8) is 0 Å². The summed E-state index contributed by atoms with van der Waals surface area (Å²) in [7, 11) is 0. The number of aliphatic hydroxyl groups is 2. The zero-order valence-electron chi connectivity index (χ0n) is 12.3. The monoisotopic (exact) mass is 275 g/mol. The molecule has 1 aromatic rings. The summed E-state index contributed by atoms with van der Waals surface area (Å²) in [6.07, 6.45) is 2.00. The molecule has 3 aliphatic carbocycles. The molecule has 2 bridgehead atoms. The predicted octanol–water partition coefficient (Wildman–Crippen LogP) is 1.93. The molecule has 0 amide bonds. The van der Waals surface area contributed by atoms with Crippen LogP contribution in [0, 0.1) is 17.3 Å². The minimum absolute atomic E-state index is 0.00974. The SMILES string of the molecule is CC1(C)[C@H]2C[C@H](NCc3ccccc3)[C@@](O)(CO)[C@@H]1C2. The fraction of sp³-hybridized carbons (Fsp3) is 0.647. The van der Waals surface area contributed by atoms with Gasteiger partial charge in [0.15, 0.2) is 0 Å². The summed E-state index contributed by atoms with van der Waals surface area (Å²) in [5, 5.41) is 24.2. The third-order valence-electron chi connectivity index (χ3n) is 5.85. The van der Waals surface area contributed by atoms with Crippen LogP contribution in [0.5, 0.6) is 0 Å². The van der Waals surface area contributed by atoms with Crippen LogP contribution in [0.3, 0.4) is 0 Å². The van der Waals surface area contributed by atoms with Crippen LogP contribution in [0.1, 0.15) is 32.3 Å². The van der Waals surface area contributed by atoms with Crippen LogP contribution < -0.4 is 5.32 Å². The Bertz CT molecular complexity index is 473. The highest BCUT2D eigenvalue weighted by Crippen LogP contribution is 2.62. The average Bonchev–Trinajstić information content (AvgIpc) is 2.46. The molecule has 0 radical (unpaired) electrons. The van der Waals surface area contributed by atoms with Gasteiger partial charge in [-0.1, -0.05) is 44.2 Å². The fourth-order valence-corrected chi connectivity index (χ4v) is 4.31. The molecule has 0 saturated heterocycles. The minimum Gasteiger partial charge on any atom is -0.393 e. The molecule has 3 nitrogen and oxygen atoms in total. The molecule has 1 aromatic carbocycles. The van der Waals surface area contributed by atoms with Crippen LogP contribution >= 0.6 is 0 Å². The average molecular weight is 275 g/mol. The highest BCUT2D eigenvalue weighted by atomic mass is 16.3. The first-order valence-corrected chi connectivity index (χ1v) is 7.59. The van der Waals surface area contributed by atoms with Gasteiger partial charge in [-0.3, -0.25) is 0 Å². The molecule has 0 heterocycles. The minimum atomic E-state index is -0.979. The lowest BCUT2D eigenvalue weighted by Crippen LogP contribution is -2.72. The van der Waals surface area contributed by atoms with Crippen molar-refractivity contribution >= 4 is 0 Å². The van der Waals surface area contributed by atoms with Crippen LogP contribution in [0.25, 0.3) is 0 Å². The van der Waals surface area contributed by atoms with Crippen LogP contribution in [0.2, 0.25) is 0 Å². The zero-order chi connectivity index (χ0) is 14.4. The Morgan fingerprint density at radius 2 is 1.90 bits per heavy atom. The summed E-state index contributed by atoms with van der Waals surface area (Å²) in [5.41, 5.74) is 0.390. The first kappa shape index (κ1) is 14.1. The van der Waals surface area contributed by atoms with Gasteiger partial charge in [-0.05, 0) is 35.7 Å². The van der Waals surface area contributed by atoms with E-state index in [0.29, 0.717) is 5.92 Å². The topological polar surface area (TPSA) is 52.5 Å². The van der Waals surface area contributed by atoms with E-state index < -0.39 is 5.60 Å². The van der Waals surface area contributed by atoms with Crippen molar-refractivity contribution in [1.29, 1.82) is 0 Å². The van der Waals surface area contributed by atoms with Crippen molar-refractivity contribution in [3.05, 3.63) is 35.9 Å². The van der Waals surface area contributed by atoms with E-state index in [2.05, 4.69) is 31.3 Å². The lowest BCUT2D eigenvalue weighted by molar-refractivity contribution is -0.231. The number of hydrogen-bond acceptors (Lipinski definition) is 3. The number of hydrogen-bond donors (Lipinski definition) is 3. The Hall–Kier alpha value is -0.900. The molecule has 3 N–H and O–H groups in total. The highest BCUT2D eigenvalue weighted by Gasteiger charge is 2.64. The van der Waals surface area contributed by atoms with Crippen molar-refractivity contribution in [1.82, 2.24) is 5.32 Å². The second-order valence-electron chi connectivity index (χ2n) is 7.11. The zero-order valence-corrected chi connectivity index (χ0v) is 12.3. The van der Waals surface area contributed by atoms with Gasteiger partial charge in [0, 0.05) is 12.6 Å². The largest absolute Gasteiger partial charge is 0.393 e. The molecule has 3 aliphatic rings. The van der Waals surface area contributed by atoms with E-state index >= 15 is 0 Å². The number of fused-ring (bicyclic) bond motifs is 2. The Kier molecular flexibility index (Phi) is 3.39. The van der Waals surface area contributed by atoms with E-state index in [0.717, 1.165) is 19.4 Å². The molecule has 3 fully saturated rings. The molecule has 20 heavy (non-hydrogen) atoms. The second kappa shape index (κ2) is 4.83. The van der Waals surface area contributed by atoms with Crippen LogP contribution in [-0.2, 0) is 6.54 Å². The van der Waals surface area contributed by atoms with Crippen molar-refractivity contribution in [2.24, 2.45) is 17.3 Å². The summed E-state index contributed by atoms with van der Waals surface area (Å²) in [4.78, 5) is 0. The number of rotatable bonds is 4. The summed E-state index contributed by atoms with van der Waals surface area (Å²) in [6, 6.07) is 10.2. The molecule has 3 heteroatoms. The summed E-state index contributed by atoms with van der Waals surface area (Å²) in [5.74, 6) is 0.861. The maximum atomic E-state index is 10.9. The van der Waals surface area contributed by atoms with Crippen molar-refractivity contribution < 1.29 is 10.2 Å². The van der Waals surface area contributed by atoms with Gasteiger partial charge in [0.25, 0.3) is 0 Å². The van der Waals surface area contributed by atoms with Gasteiger partial charge in [0.2, 0.25) is 0 Å². The third kappa shape index (κ3) is 2.00. The van der Waals surface area contributed by atoms with E-state index in [-0.39, 0.29) is 24.0 Å². The normalized spacial score (nSPS) is 38.3. The standard InChI is InChI=1S/C17H25NO2/c1-16(2)13-8-14(16)17(20,11-19)15(9-13)18-10-12-6-4-3-5-7-12/h3-7,13-15,18-20H,8-11H2,1-2H3/t13-,14-,15+,17-/m1/s1. The van der Waals surface area contributed by atoms with E-state index in [9.17, 15) is 10.2 Å². The van der Waals surface area contributed by atoms with Gasteiger partial charge in [-0.15, -0.1) is 0 Å². The van der Waals surface area contributed by atoms with Crippen LogP contribution in [0.15, 0.2) is 30.3 Å². The van der Waals surface area contributed by atoms with E-state index in [1.165, 1.54) is 5.56 Å². The van der Waals surface area contributed by atoms with Gasteiger partial charge < -0.3 is 15.5 Å². The molecule has 4 atom stereocenters. The maximum Gasteiger partial charge on any atom is 0.106 e. The smallest absolute Gasteiger partial charge is 0.106 e. The summed E-state index contributed by atoms with van der Waals surface area (Å²) < 4.78 is 0. The fourth-order valence-electron chi connectivity index (χ4n) is 4.31. The maximum absolute atomic E-state index is 10.9. The molecular formula is C17H25NO2. The van der Waals surface area contributed by atoms with Crippen molar-refractivity contribution in [2.45, 2.75) is 44.9 Å². The van der Waals surface area contributed by atoms with E-state index in [1.807, 2.05) is 18.2 Å². The van der Waals surface area contributed by atoms with Gasteiger partial charge in [0.05, 0.1) is 6.61 Å². The van der Waals surface area contributed by atoms with Gasteiger partial charge in [-0.25, -0.2) is 0 Å². The van der Waals surface area contributed by atoms with E-state index in [4.69, 9.17) is 0 Å². The van der Waals surface area contributed by atoms with Crippen molar-refractivity contribution in [3.8, 4) is 0 Å². The Labute approximate surface area is 121 Å². The number of aliphatic hydroxyl groups excluding tert-OH is 1.